The van der Waals surface area contributed by atoms with Crippen LogP contribution < -0.4 is 4.74 Å². The SMILES string of the molecule is [C-]#[N+]Cc1c(F)cc(C)cc1OC. The Morgan fingerprint density at radius 2 is 2.23 bits per heavy atom. The Balaban J connectivity index is 3.23. The molecule has 0 atom stereocenters. The van der Waals surface area contributed by atoms with Crippen LogP contribution in [0.1, 0.15) is 11.1 Å². The highest BCUT2D eigenvalue weighted by atomic mass is 19.1. The average Bonchev–Trinajstić information content (AvgIpc) is 2.09. The van der Waals surface area contributed by atoms with Gasteiger partial charge in [-0.2, -0.15) is 0 Å². The molecular weight excluding hydrogens is 169 g/mol. The van der Waals surface area contributed by atoms with Crippen molar-refractivity contribution in [3.8, 4) is 5.75 Å². The maximum absolute atomic E-state index is 13.3. The molecule has 0 fully saturated rings. The van der Waals surface area contributed by atoms with Crippen molar-refractivity contribution in [2.45, 2.75) is 13.5 Å². The van der Waals surface area contributed by atoms with Crippen molar-refractivity contribution in [3.63, 3.8) is 0 Å². The molecular formula is C10H10FNO. The first-order chi connectivity index (χ1) is 6.19. The highest BCUT2D eigenvalue weighted by molar-refractivity contribution is 5.39. The summed E-state index contributed by atoms with van der Waals surface area (Å²) in [5.74, 6) is 0.0846. The average molecular weight is 179 g/mol. The van der Waals surface area contributed by atoms with Crippen molar-refractivity contribution >= 4 is 0 Å². The summed E-state index contributed by atoms with van der Waals surface area (Å²) in [6, 6.07) is 3.13. The zero-order chi connectivity index (χ0) is 9.84. The lowest BCUT2D eigenvalue weighted by Crippen LogP contribution is -1.95. The maximum Gasteiger partial charge on any atom is 0.246 e. The number of ether oxygens (including phenoxy) is 1. The number of methoxy groups -OCH3 is 1. The molecule has 0 amide bonds. The standard InChI is InChI=1S/C10H10FNO/c1-7-4-9(11)8(6-12-2)10(5-7)13-3/h4-5H,6H2,1,3H3. The molecule has 0 aromatic heterocycles. The first-order valence-electron chi connectivity index (χ1n) is 3.85. The van der Waals surface area contributed by atoms with Gasteiger partial charge in [0.2, 0.25) is 6.54 Å². The number of halogens is 1. The largest absolute Gasteiger partial charge is 0.496 e. The molecule has 0 aliphatic heterocycles. The first kappa shape index (κ1) is 9.53. The van der Waals surface area contributed by atoms with Gasteiger partial charge in [-0.05, 0) is 24.6 Å². The maximum atomic E-state index is 13.3. The second-order valence-corrected chi connectivity index (χ2v) is 2.74. The van der Waals surface area contributed by atoms with E-state index in [1.807, 2.05) is 0 Å². The molecule has 0 N–H and O–H groups in total. The molecule has 0 spiro atoms. The highest BCUT2D eigenvalue weighted by Gasteiger charge is 2.12. The zero-order valence-electron chi connectivity index (χ0n) is 7.60. The third-order valence-electron chi connectivity index (χ3n) is 1.76. The molecule has 2 nitrogen and oxygen atoms in total. The molecule has 1 aromatic rings. The van der Waals surface area contributed by atoms with Gasteiger partial charge in [-0.1, -0.05) is 0 Å². The minimum atomic E-state index is -0.368. The molecule has 0 saturated carbocycles. The predicted octanol–water partition coefficient (Wildman–Crippen LogP) is 2.56. The molecule has 0 heterocycles. The summed E-state index contributed by atoms with van der Waals surface area (Å²) < 4.78 is 18.2. The molecule has 13 heavy (non-hydrogen) atoms. The molecule has 0 radical (unpaired) electrons. The van der Waals surface area contributed by atoms with Crippen LogP contribution in [-0.2, 0) is 6.54 Å². The van der Waals surface area contributed by atoms with Crippen LogP contribution in [0.4, 0.5) is 4.39 Å². The summed E-state index contributed by atoms with van der Waals surface area (Å²) in [7, 11) is 1.47. The zero-order valence-corrected chi connectivity index (χ0v) is 7.60. The van der Waals surface area contributed by atoms with Crippen LogP contribution in [0.15, 0.2) is 12.1 Å². The number of aryl methyl sites for hydroxylation is 1. The quantitative estimate of drug-likeness (QED) is 0.636. The summed E-state index contributed by atoms with van der Waals surface area (Å²) in [4.78, 5) is 3.14. The van der Waals surface area contributed by atoms with Crippen LogP contribution in [0.3, 0.4) is 0 Å². The van der Waals surface area contributed by atoms with E-state index in [0.717, 1.165) is 5.56 Å². The van der Waals surface area contributed by atoms with E-state index < -0.39 is 0 Å². The predicted molar refractivity (Wildman–Crippen MR) is 48.0 cm³/mol. The van der Waals surface area contributed by atoms with Gasteiger partial charge in [0.05, 0.1) is 7.11 Å². The molecule has 0 aliphatic carbocycles. The van der Waals surface area contributed by atoms with Gasteiger partial charge < -0.3 is 9.58 Å². The van der Waals surface area contributed by atoms with Crippen molar-refractivity contribution in [2.24, 2.45) is 0 Å². The summed E-state index contributed by atoms with van der Waals surface area (Å²) in [5, 5.41) is 0. The number of benzene rings is 1. The Morgan fingerprint density at radius 1 is 1.54 bits per heavy atom. The third kappa shape index (κ3) is 1.97. The van der Waals surface area contributed by atoms with E-state index in [1.54, 1.807) is 13.0 Å². The van der Waals surface area contributed by atoms with Crippen molar-refractivity contribution in [3.05, 3.63) is 40.5 Å². The van der Waals surface area contributed by atoms with Gasteiger partial charge >= 0.3 is 0 Å². The van der Waals surface area contributed by atoms with Crippen LogP contribution in [0.25, 0.3) is 4.85 Å². The monoisotopic (exact) mass is 179 g/mol. The second kappa shape index (κ2) is 3.90. The Hall–Kier alpha value is -1.56. The number of nitrogens with zero attached hydrogens (tertiary/aromatic N) is 1. The van der Waals surface area contributed by atoms with E-state index in [4.69, 9.17) is 11.3 Å². The van der Waals surface area contributed by atoms with Crippen LogP contribution in [0.2, 0.25) is 0 Å². The lowest BCUT2D eigenvalue weighted by molar-refractivity contribution is 0.405. The normalized spacial score (nSPS) is 9.38. The molecule has 68 valence electrons. The molecule has 0 bridgehead atoms. The van der Waals surface area contributed by atoms with E-state index in [2.05, 4.69) is 4.85 Å². The molecule has 1 aromatic carbocycles. The van der Waals surface area contributed by atoms with Crippen LogP contribution in [0, 0.1) is 19.3 Å². The van der Waals surface area contributed by atoms with Gasteiger partial charge in [-0.3, -0.25) is 0 Å². The van der Waals surface area contributed by atoms with E-state index in [0.29, 0.717) is 11.3 Å². The molecule has 0 saturated heterocycles. The summed E-state index contributed by atoms with van der Waals surface area (Å²) in [6.07, 6.45) is 0. The van der Waals surface area contributed by atoms with E-state index in [9.17, 15) is 4.39 Å². The van der Waals surface area contributed by atoms with Crippen molar-refractivity contribution in [2.75, 3.05) is 7.11 Å². The third-order valence-corrected chi connectivity index (χ3v) is 1.76. The lowest BCUT2D eigenvalue weighted by Gasteiger charge is -2.05. The molecule has 3 heteroatoms. The fourth-order valence-electron chi connectivity index (χ4n) is 1.15. The summed E-state index contributed by atoms with van der Waals surface area (Å²) in [6.45, 7) is 8.47. The lowest BCUT2D eigenvalue weighted by atomic mass is 10.1. The van der Waals surface area contributed by atoms with Crippen molar-refractivity contribution in [1.82, 2.24) is 0 Å². The van der Waals surface area contributed by atoms with Gasteiger partial charge in [0.25, 0.3) is 0 Å². The first-order valence-corrected chi connectivity index (χ1v) is 3.85. The Labute approximate surface area is 76.8 Å². The van der Waals surface area contributed by atoms with Crippen molar-refractivity contribution < 1.29 is 9.13 Å². The van der Waals surface area contributed by atoms with E-state index in [1.165, 1.54) is 13.2 Å². The molecule has 0 unspecified atom stereocenters. The highest BCUT2D eigenvalue weighted by Crippen LogP contribution is 2.24. The molecule has 0 aliphatic rings. The Kier molecular flexibility index (Phi) is 2.86. The summed E-state index contributed by atoms with van der Waals surface area (Å²) in [5.41, 5.74) is 1.13. The second-order valence-electron chi connectivity index (χ2n) is 2.74. The number of rotatable bonds is 2. The smallest absolute Gasteiger partial charge is 0.246 e. The van der Waals surface area contributed by atoms with Gasteiger partial charge in [0.1, 0.15) is 17.1 Å². The van der Waals surface area contributed by atoms with Gasteiger partial charge in [-0.25, -0.2) is 11.0 Å². The van der Waals surface area contributed by atoms with Gasteiger partial charge in [0.15, 0.2) is 0 Å². The van der Waals surface area contributed by atoms with Crippen molar-refractivity contribution in [1.29, 1.82) is 0 Å². The van der Waals surface area contributed by atoms with Gasteiger partial charge in [-0.15, -0.1) is 0 Å². The minimum Gasteiger partial charge on any atom is -0.496 e. The van der Waals surface area contributed by atoms with Crippen LogP contribution in [0.5, 0.6) is 5.75 Å². The van der Waals surface area contributed by atoms with Crippen LogP contribution in [-0.4, -0.2) is 7.11 Å². The Bertz CT molecular complexity index is 355. The topological polar surface area (TPSA) is 13.6 Å². The number of hydrogen-bond acceptors (Lipinski definition) is 1. The molecule has 1 rings (SSSR count). The minimum absolute atomic E-state index is 0.0231. The number of hydrogen-bond donors (Lipinski definition) is 0. The Morgan fingerprint density at radius 3 is 2.77 bits per heavy atom. The van der Waals surface area contributed by atoms with E-state index in [-0.39, 0.29) is 12.4 Å². The van der Waals surface area contributed by atoms with E-state index >= 15 is 0 Å². The van der Waals surface area contributed by atoms with Crippen LogP contribution >= 0.6 is 0 Å². The fraction of sp³-hybridized carbons (Fsp3) is 0.300. The van der Waals surface area contributed by atoms with Gasteiger partial charge in [0, 0.05) is 0 Å². The fourth-order valence-corrected chi connectivity index (χ4v) is 1.15. The summed E-state index contributed by atoms with van der Waals surface area (Å²) >= 11 is 0.